The Morgan fingerprint density at radius 3 is 2.48 bits per heavy atom. The Morgan fingerprint density at radius 1 is 1.05 bits per heavy atom. The second-order valence-electron chi connectivity index (χ2n) is 5.60. The molecule has 0 bridgehead atoms. The molecule has 0 fully saturated rings. The summed E-state index contributed by atoms with van der Waals surface area (Å²) < 4.78 is 5.88. The lowest BCUT2D eigenvalue weighted by Gasteiger charge is -2.16. The normalized spacial score (nSPS) is 12.1. The molecule has 1 unspecified atom stereocenters. The van der Waals surface area contributed by atoms with Gasteiger partial charge in [0.05, 0.1) is 6.61 Å². The molecular formula is C19H25NO. The Balaban J connectivity index is 1.81. The second kappa shape index (κ2) is 7.84. The van der Waals surface area contributed by atoms with Crippen LogP contribution in [0.25, 0.3) is 0 Å². The van der Waals surface area contributed by atoms with Crippen LogP contribution in [-0.4, -0.2) is 13.2 Å². The first-order chi connectivity index (χ1) is 10.2. The summed E-state index contributed by atoms with van der Waals surface area (Å²) in [5, 5.41) is 0. The third-order valence-electron chi connectivity index (χ3n) is 3.84. The van der Waals surface area contributed by atoms with Crippen LogP contribution in [0, 0.1) is 13.8 Å². The number of hydrogen-bond acceptors (Lipinski definition) is 2. The van der Waals surface area contributed by atoms with Crippen molar-refractivity contribution in [1.82, 2.24) is 0 Å². The van der Waals surface area contributed by atoms with Gasteiger partial charge in [-0.3, -0.25) is 0 Å². The first kappa shape index (κ1) is 15.6. The number of hydrogen-bond donors (Lipinski definition) is 1. The Hall–Kier alpha value is -1.80. The van der Waals surface area contributed by atoms with Crippen molar-refractivity contribution in [3.05, 3.63) is 65.2 Å². The molecule has 0 aliphatic heterocycles. The molecule has 0 radical (unpaired) electrons. The molecule has 2 aromatic carbocycles. The van der Waals surface area contributed by atoms with E-state index in [9.17, 15) is 0 Å². The fraction of sp³-hybridized carbons (Fsp3) is 0.368. The highest BCUT2D eigenvalue weighted by atomic mass is 16.5. The lowest BCUT2D eigenvalue weighted by Crippen LogP contribution is -2.13. The van der Waals surface area contributed by atoms with Crippen molar-refractivity contribution in [2.75, 3.05) is 13.2 Å². The summed E-state index contributed by atoms with van der Waals surface area (Å²) in [6.07, 6.45) is 2.08. The van der Waals surface area contributed by atoms with E-state index < -0.39 is 0 Å². The van der Waals surface area contributed by atoms with Crippen LogP contribution in [0.15, 0.2) is 48.5 Å². The van der Waals surface area contributed by atoms with Gasteiger partial charge in [0, 0.05) is 0 Å². The van der Waals surface area contributed by atoms with Crippen LogP contribution < -0.4 is 10.5 Å². The first-order valence-electron chi connectivity index (χ1n) is 7.65. The third kappa shape index (κ3) is 4.61. The van der Waals surface area contributed by atoms with Crippen molar-refractivity contribution in [1.29, 1.82) is 0 Å². The molecule has 0 heterocycles. The van der Waals surface area contributed by atoms with Gasteiger partial charge in [-0.2, -0.15) is 0 Å². The van der Waals surface area contributed by atoms with E-state index in [0.29, 0.717) is 12.5 Å². The molecule has 0 saturated carbocycles. The molecule has 0 aliphatic carbocycles. The number of rotatable bonds is 7. The lowest BCUT2D eigenvalue weighted by molar-refractivity contribution is 0.300. The maximum Gasteiger partial charge on any atom is 0.122 e. The average Bonchev–Trinajstić information content (AvgIpc) is 2.50. The zero-order valence-corrected chi connectivity index (χ0v) is 13.0. The SMILES string of the molecule is Cc1ccc(OCCCC(CN)c2ccccc2)c(C)c1. The highest BCUT2D eigenvalue weighted by Gasteiger charge is 2.09. The van der Waals surface area contributed by atoms with Gasteiger partial charge in [-0.25, -0.2) is 0 Å². The minimum Gasteiger partial charge on any atom is -0.493 e. The van der Waals surface area contributed by atoms with Gasteiger partial charge in [0.1, 0.15) is 5.75 Å². The molecule has 0 aromatic heterocycles. The summed E-state index contributed by atoms with van der Waals surface area (Å²) >= 11 is 0. The zero-order chi connectivity index (χ0) is 15.1. The van der Waals surface area contributed by atoms with Gasteiger partial charge < -0.3 is 10.5 Å². The van der Waals surface area contributed by atoms with Gasteiger partial charge in [0.2, 0.25) is 0 Å². The van der Waals surface area contributed by atoms with Crippen LogP contribution in [0.2, 0.25) is 0 Å². The van der Waals surface area contributed by atoms with Gasteiger partial charge in [-0.15, -0.1) is 0 Å². The molecule has 2 aromatic rings. The van der Waals surface area contributed by atoms with E-state index in [1.54, 1.807) is 0 Å². The highest BCUT2D eigenvalue weighted by Crippen LogP contribution is 2.22. The van der Waals surface area contributed by atoms with Crippen LogP contribution >= 0.6 is 0 Å². The first-order valence-corrected chi connectivity index (χ1v) is 7.65. The Morgan fingerprint density at radius 2 is 1.81 bits per heavy atom. The van der Waals surface area contributed by atoms with Crippen LogP contribution in [0.4, 0.5) is 0 Å². The Labute approximate surface area is 127 Å². The van der Waals surface area contributed by atoms with Crippen molar-refractivity contribution in [2.24, 2.45) is 5.73 Å². The number of aryl methyl sites for hydroxylation is 2. The molecule has 2 nitrogen and oxygen atoms in total. The predicted octanol–water partition coefficient (Wildman–Crippen LogP) is 4.20. The van der Waals surface area contributed by atoms with Gasteiger partial charge in [0.15, 0.2) is 0 Å². The summed E-state index contributed by atoms with van der Waals surface area (Å²) in [6, 6.07) is 16.8. The standard InChI is InChI=1S/C19H25NO/c1-15-10-11-19(16(2)13-15)21-12-6-9-18(14-20)17-7-4-3-5-8-17/h3-5,7-8,10-11,13,18H,6,9,12,14,20H2,1-2H3. The third-order valence-corrected chi connectivity index (χ3v) is 3.84. The maximum atomic E-state index is 5.90. The summed E-state index contributed by atoms with van der Waals surface area (Å²) in [4.78, 5) is 0. The molecule has 0 saturated heterocycles. The van der Waals surface area contributed by atoms with Gasteiger partial charge in [0.25, 0.3) is 0 Å². The molecule has 2 rings (SSSR count). The van der Waals surface area contributed by atoms with E-state index in [4.69, 9.17) is 10.5 Å². The second-order valence-corrected chi connectivity index (χ2v) is 5.60. The van der Waals surface area contributed by atoms with E-state index >= 15 is 0 Å². The quantitative estimate of drug-likeness (QED) is 0.773. The average molecular weight is 283 g/mol. The molecule has 2 N–H and O–H groups in total. The Kier molecular flexibility index (Phi) is 5.82. The van der Waals surface area contributed by atoms with Crippen LogP contribution in [0.3, 0.4) is 0 Å². The minimum atomic E-state index is 0.425. The molecule has 1 atom stereocenters. The maximum absolute atomic E-state index is 5.90. The van der Waals surface area contributed by atoms with Gasteiger partial charge in [-0.1, -0.05) is 48.0 Å². The fourth-order valence-electron chi connectivity index (χ4n) is 2.62. The molecule has 112 valence electrons. The number of benzene rings is 2. The molecule has 0 amide bonds. The van der Waals surface area contributed by atoms with Crippen LogP contribution in [-0.2, 0) is 0 Å². The van der Waals surface area contributed by atoms with E-state index in [1.165, 1.54) is 16.7 Å². The van der Waals surface area contributed by atoms with Crippen molar-refractivity contribution in [3.63, 3.8) is 0 Å². The molecule has 21 heavy (non-hydrogen) atoms. The monoisotopic (exact) mass is 283 g/mol. The van der Waals surface area contributed by atoms with E-state index in [1.807, 2.05) is 6.07 Å². The number of ether oxygens (including phenoxy) is 1. The van der Waals surface area contributed by atoms with Gasteiger partial charge >= 0.3 is 0 Å². The van der Waals surface area contributed by atoms with Crippen molar-refractivity contribution in [3.8, 4) is 5.75 Å². The Bertz CT molecular complexity index is 551. The summed E-state index contributed by atoms with van der Waals surface area (Å²) in [7, 11) is 0. The van der Waals surface area contributed by atoms with E-state index in [0.717, 1.165) is 25.2 Å². The van der Waals surface area contributed by atoms with Gasteiger partial charge in [-0.05, 0) is 56.3 Å². The smallest absolute Gasteiger partial charge is 0.122 e. The van der Waals surface area contributed by atoms with Crippen molar-refractivity contribution < 1.29 is 4.74 Å². The topological polar surface area (TPSA) is 35.2 Å². The number of nitrogens with two attached hydrogens (primary N) is 1. The summed E-state index contributed by atoms with van der Waals surface area (Å²) in [5.74, 6) is 1.42. The molecule has 0 aliphatic rings. The predicted molar refractivity (Wildman–Crippen MR) is 88.9 cm³/mol. The molecule has 2 heteroatoms. The minimum absolute atomic E-state index is 0.425. The molecule has 0 spiro atoms. The summed E-state index contributed by atoms with van der Waals surface area (Å²) in [6.45, 7) is 5.62. The van der Waals surface area contributed by atoms with Crippen LogP contribution in [0.1, 0.15) is 35.4 Å². The highest BCUT2D eigenvalue weighted by molar-refractivity contribution is 5.35. The van der Waals surface area contributed by atoms with Crippen LogP contribution in [0.5, 0.6) is 5.75 Å². The van der Waals surface area contributed by atoms with E-state index in [-0.39, 0.29) is 0 Å². The summed E-state index contributed by atoms with van der Waals surface area (Å²) in [5.41, 5.74) is 9.70. The largest absolute Gasteiger partial charge is 0.493 e. The molecular weight excluding hydrogens is 258 g/mol. The van der Waals surface area contributed by atoms with Crippen molar-refractivity contribution >= 4 is 0 Å². The van der Waals surface area contributed by atoms with Crippen molar-refractivity contribution in [2.45, 2.75) is 32.6 Å². The zero-order valence-electron chi connectivity index (χ0n) is 13.0. The fourth-order valence-corrected chi connectivity index (χ4v) is 2.62. The lowest BCUT2D eigenvalue weighted by atomic mass is 9.95. The van der Waals surface area contributed by atoms with E-state index in [2.05, 4.69) is 56.3 Å².